The number of aliphatic imine (C=N–C) groups is 1. The minimum Gasteiger partial charge on any atom is -0.327 e. The van der Waals surface area contributed by atoms with Crippen LogP contribution in [0.2, 0.25) is 0 Å². The van der Waals surface area contributed by atoms with Gasteiger partial charge in [0.1, 0.15) is 5.82 Å². The van der Waals surface area contributed by atoms with Crippen LogP contribution in [0.15, 0.2) is 29.3 Å². The highest BCUT2D eigenvalue weighted by molar-refractivity contribution is 6.12. The highest BCUT2D eigenvalue weighted by Gasteiger charge is 2.27. The quantitative estimate of drug-likeness (QED) is 0.855. The van der Waals surface area contributed by atoms with Crippen LogP contribution in [0.3, 0.4) is 0 Å². The van der Waals surface area contributed by atoms with Gasteiger partial charge in [0.15, 0.2) is 0 Å². The summed E-state index contributed by atoms with van der Waals surface area (Å²) >= 11 is 0. The maximum atomic E-state index is 4.95. The second-order valence-electron chi connectivity index (χ2n) is 6.91. The highest BCUT2D eigenvalue weighted by atomic mass is 15.2. The van der Waals surface area contributed by atoms with Crippen LogP contribution in [-0.4, -0.2) is 46.3 Å². The summed E-state index contributed by atoms with van der Waals surface area (Å²) in [5.74, 6) is 1.26. The third-order valence-corrected chi connectivity index (χ3v) is 5.63. The lowest BCUT2D eigenvalue weighted by atomic mass is 9.91. The van der Waals surface area contributed by atoms with E-state index >= 15 is 0 Å². The molecule has 0 bridgehead atoms. The summed E-state index contributed by atoms with van der Waals surface area (Å²) in [5.41, 5.74) is 4.89. The van der Waals surface area contributed by atoms with Gasteiger partial charge < -0.3 is 4.57 Å². The Bertz CT molecular complexity index is 810. The first kappa shape index (κ1) is 13.5. The van der Waals surface area contributed by atoms with Crippen LogP contribution in [0, 0.1) is 0 Å². The van der Waals surface area contributed by atoms with Crippen molar-refractivity contribution < 1.29 is 0 Å². The Morgan fingerprint density at radius 1 is 1.09 bits per heavy atom. The highest BCUT2D eigenvalue weighted by Crippen LogP contribution is 2.28. The van der Waals surface area contributed by atoms with Crippen molar-refractivity contribution in [3.63, 3.8) is 0 Å². The SMILES string of the molecule is C1=NCC=C1c1ccc2c(c1)nc1n2CCN(C2CCC2)CC1. The summed E-state index contributed by atoms with van der Waals surface area (Å²) in [5, 5.41) is 0. The van der Waals surface area contributed by atoms with E-state index < -0.39 is 0 Å². The summed E-state index contributed by atoms with van der Waals surface area (Å²) in [6.45, 7) is 4.22. The zero-order chi connectivity index (χ0) is 15.2. The smallest absolute Gasteiger partial charge is 0.111 e. The molecular weight excluding hydrogens is 284 g/mol. The molecule has 0 amide bonds. The van der Waals surface area contributed by atoms with Crippen molar-refractivity contribution in [1.82, 2.24) is 14.5 Å². The Kier molecular flexibility index (Phi) is 3.11. The Morgan fingerprint density at radius 3 is 2.83 bits per heavy atom. The van der Waals surface area contributed by atoms with Gasteiger partial charge in [0.2, 0.25) is 0 Å². The lowest BCUT2D eigenvalue weighted by molar-refractivity contribution is 0.130. The number of allylic oxidation sites excluding steroid dienone is 1. The van der Waals surface area contributed by atoms with E-state index in [0.29, 0.717) is 0 Å². The van der Waals surface area contributed by atoms with Gasteiger partial charge in [0.05, 0.1) is 17.6 Å². The second kappa shape index (κ2) is 5.31. The van der Waals surface area contributed by atoms with E-state index in [1.807, 2.05) is 6.21 Å². The zero-order valence-electron chi connectivity index (χ0n) is 13.4. The van der Waals surface area contributed by atoms with Gasteiger partial charge in [-0.3, -0.25) is 9.89 Å². The molecule has 1 fully saturated rings. The van der Waals surface area contributed by atoms with E-state index in [1.165, 1.54) is 54.8 Å². The molecule has 0 saturated heterocycles. The molecule has 1 saturated carbocycles. The molecule has 3 aliphatic rings. The van der Waals surface area contributed by atoms with Gasteiger partial charge in [-0.05, 0) is 36.1 Å². The summed E-state index contributed by atoms with van der Waals surface area (Å²) in [7, 11) is 0. The second-order valence-corrected chi connectivity index (χ2v) is 6.91. The van der Waals surface area contributed by atoms with Crippen molar-refractivity contribution in [3.05, 3.63) is 35.7 Å². The number of hydrogen-bond donors (Lipinski definition) is 0. The van der Waals surface area contributed by atoms with Crippen LogP contribution in [0.5, 0.6) is 0 Å². The van der Waals surface area contributed by atoms with Crippen molar-refractivity contribution in [3.8, 4) is 0 Å². The molecular formula is C19H22N4. The van der Waals surface area contributed by atoms with Crippen molar-refractivity contribution in [2.24, 2.45) is 4.99 Å². The number of fused-ring (bicyclic) bond motifs is 3. The standard InChI is InChI=1S/C19H22N4/c1-2-16(3-1)22-9-7-19-21-17-12-14(15-6-8-20-13-15)4-5-18(17)23(19)11-10-22/h4-6,12-13,16H,1-3,7-11H2. The third kappa shape index (κ3) is 2.24. The Hall–Kier alpha value is -1.94. The fourth-order valence-electron chi connectivity index (χ4n) is 4.05. The molecule has 1 aliphatic carbocycles. The van der Waals surface area contributed by atoms with Crippen LogP contribution in [-0.2, 0) is 13.0 Å². The molecule has 0 unspecified atom stereocenters. The minimum absolute atomic E-state index is 0.810. The fraction of sp³-hybridized carbons (Fsp3) is 0.474. The topological polar surface area (TPSA) is 33.4 Å². The van der Waals surface area contributed by atoms with Crippen LogP contribution in [0.25, 0.3) is 16.6 Å². The van der Waals surface area contributed by atoms with Crippen molar-refractivity contribution in [2.75, 3.05) is 19.6 Å². The van der Waals surface area contributed by atoms with E-state index in [0.717, 1.165) is 31.1 Å². The van der Waals surface area contributed by atoms with Crippen molar-refractivity contribution >= 4 is 22.8 Å². The van der Waals surface area contributed by atoms with Crippen LogP contribution in [0.1, 0.15) is 30.7 Å². The summed E-state index contributed by atoms with van der Waals surface area (Å²) < 4.78 is 2.44. The van der Waals surface area contributed by atoms with E-state index in [-0.39, 0.29) is 0 Å². The molecule has 0 N–H and O–H groups in total. The molecule has 0 spiro atoms. The Morgan fingerprint density at radius 2 is 2.04 bits per heavy atom. The molecule has 4 nitrogen and oxygen atoms in total. The summed E-state index contributed by atoms with van der Waals surface area (Å²) in [6.07, 6.45) is 9.42. The average molecular weight is 306 g/mol. The van der Waals surface area contributed by atoms with Gasteiger partial charge >= 0.3 is 0 Å². The molecule has 1 aromatic carbocycles. The van der Waals surface area contributed by atoms with Gasteiger partial charge in [0, 0.05) is 38.3 Å². The van der Waals surface area contributed by atoms with Crippen LogP contribution >= 0.6 is 0 Å². The number of nitrogens with zero attached hydrogens (tertiary/aromatic N) is 4. The summed E-state index contributed by atoms with van der Waals surface area (Å²) in [6, 6.07) is 7.53. The first-order valence-electron chi connectivity index (χ1n) is 8.82. The number of benzene rings is 1. The minimum atomic E-state index is 0.810. The molecule has 118 valence electrons. The van der Waals surface area contributed by atoms with Crippen molar-refractivity contribution in [1.29, 1.82) is 0 Å². The monoisotopic (exact) mass is 306 g/mol. The predicted molar refractivity (Wildman–Crippen MR) is 94.0 cm³/mol. The average Bonchev–Trinajstić information content (AvgIpc) is 3.11. The zero-order valence-corrected chi connectivity index (χ0v) is 13.4. The number of rotatable bonds is 2. The van der Waals surface area contributed by atoms with Crippen molar-refractivity contribution in [2.45, 2.75) is 38.3 Å². The molecule has 0 radical (unpaired) electrons. The first-order chi connectivity index (χ1) is 11.4. The molecule has 1 aromatic heterocycles. The molecule has 5 rings (SSSR count). The van der Waals surface area contributed by atoms with Gasteiger partial charge in [-0.25, -0.2) is 4.98 Å². The molecule has 2 aromatic rings. The van der Waals surface area contributed by atoms with Gasteiger partial charge in [-0.2, -0.15) is 0 Å². The lowest BCUT2D eigenvalue weighted by Crippen LogP contribution is -2.41. The van der Waals surface area contributed by atoms with E-state index in [9.17, 15) is 0 Å². The molecule has 4 heteroatoms. The number of imidazole rings is 1. The number of aromatic nitrogens is 2. The van der Waals surface area contributed by atoms with E-state index in [2.05, 4.69) is 38.7 Å². The Balaban J connectivity index is 1.47. The molecule has 3 heterocycles. The van der Waals surface area contributed by atoms with Gasteiger partial charge in [-0.15, -0.1) is 0 Å². The van der Waals surface area contributed by atoms with Crippen LogP contribution in [0.4, 0.5) is 0 Å². The normalized spacial score (nSPS) is 22.0. The van der Waals surface area contributed by atoms with Gasteiger partial charge in [-0.1, -0.05) is 18.6 Å². The van der Waals surface area contributed by atoms with E-state index in [4.69, 9.17) is 4.98 Å². The predicted octanol–water partition coefficient (Wildman–Crippen LogP) is 2.91. The Labute approximate surface area is 136 Å². The fourth-order valence-corrected chi connectivity index (χ4v) is 4.05. The maximum Gasteiger partial charge on any atom is 0.111 e. The maximum absolute atomic E-state index is 4.95. The first-order valence-corrected chi connectivity index (χ1v) is 8.82. The van der Waals surface area contributed by atoms with Gasteiger partial charge in [0.25, 0.3) is 0 Å². The largest absolute Gasteiger partial charge is 0.327 e. The third-order valence-electron chi connectivity index (χ3n) is 5.63. The number of hydrogen-bond acceptors (Lipinski definition) is 3. The van der Waals surface area contributed by atoms with E-state index in [1.54, 1.807) is 0 Å². The van der Waals surface area contributed by atoms with Crippen LogP contribution < -0.4 is 0 Å². The summed E-state index contributed by atoms with van der Waals surface area (Å²) in [4.78, 5) is 11.9. The molecule has 23 heavy (non-hydrogen) atoms. The molecule has 2 aliphatic heterocycles. The molecule has 0 atom stereocenters. The lowest BCUT2D eigenvalue weighted by Gasteiger charge is -2.36.